The number of carbonyl (C=O) groups is 2. The van der Waals surface area contributed by atoms with Crippen molar-refractivity contribution < 1.29 is 14.0 Å². The minimum absolute atomic E-state index is 0.0787. The van der Waals surface area contributed by atoms with Crippen LogP contribution < -0.4 is 10.6 Å². The summed E-state index contributed by atoms with van der Waals surface area (Å²) >= 11 is 2.21. The molecule has 0 radical (unpaired) electrons. The topological polar surface area (TPSA) is 84.0 Å². The Bertz CT molecular complexity index is 541. The summed E-state index contributed by atoms with van der Waals surface area (Å²) in [5.41, 5.74) is 0. The van der Waals surface area contributed by atoms with Crippen molar-refractivity contribution >= 4 is 44.8 Å². The van der Waals surface area contributed by atoms with E-state index in [0.29, 0.717) is 10.3 Å². The molecule has 2 heterocycles. The molecule has 2 aromatic rings. The first-order valence-corrected chi connectivity index (χ1v) is 6.73. The molecule has 0 saturated carbocycles. The van der Waals surface area contributed by atoms with Crippen molar-refractivity contribution in [1.29, 1.82) is 0 Å². The molecule has 0 unspecified atom stereocenters. The zero-order valence-corrected chi connectivity index (χ0v) is 11.8. The molecule has 0 bridgehead atoms. The highest BCUT2D eigenvalue weighted by atomic mass is 32.1. The molecule has 2 N–H and O–H groups in total. The molecule has 9 heteroatoms. The van der Waals surface area contributed by atoms with Crippen molar-refractivity contribution in [2.45, 2.75) is 13.8 Å². The molecule has 0 saturated heterocycles. The van der Waals surface area contributed by atoms with Gasteiger partial charge in [-0.25, -0.2) is 9.97 Å². The Morgan fingerprint density at radius 1 is 1.16 bits per heavy atom. The summed E-state index contributed by atoms with van der Waals surface area (Å²) in [6, 6.07) is 0. The van der Waals surface area contributed by atoms with E-state index < -0.39 is 5.13 Å². The number of rotatable bonds is 2. The first kappa shape index (κ1) is 15.2. The van der Waals surface area contributed by atoms with Gasteiger partial charge in [0.2, 0.25) is 11.8 Å². The maximum absolute atomic E-state index is 12.2. The average Bonchev–Trinajstić information content (AvgIpc) is 2.90. The number of nitrogens with zero attached hydrogens (tertiary/aromatic N) is 2. The molecular formula is C10H11FN4O2S2. The largest absolute Gasteiger partial charge is 0.302 e. The molecule has 0 aliphatic heterocycles. The Kier molecular flexibility index (Phi) is 6.03. The van der Waals surface area contributed by atoms with E-state index in [-0.39, 0.29) is 11.8 Å². The molecule has 2 aromatic heterocycles. The van der Waals surface area contributed by atoms with Gasteiger partial charge >= 0.3 is 0 Å². The van der Waals surface area contributed by atoms with Gasteiger partial charge in [0, 0.05) is 25.4 Å². The Hall–Kier alpha value is -1.87. The molecule has 2 amide bonds. The summed E-state index contributed by atoms with van der Waals surface area (Å²) in [6.07, 6.45) is 2.71. The lowest BCUT2D eigenvalue weighted by atomic mass is 10.7. The number of anilines is 2. The zero-order valence-electron chi connectivity index (χ0n) is 10.1. The van der Waals surface area contributed by atoms with Crippen molar-refractivity contribution in [3.63, 3.8) is 0 Å². The van der Waals surface area contributed by atoms with E-state index >= 15 is 0 Å². The van der Waals surface area contributed by atoms with Crippen molar-refractivity contribution in [1.82, 2.24) is 9.97 Å². The maximum atomic E-state index is 12.2. The smallest absolute Gasteiger partial charge is 0.223 e. The van der Waals surface area contributed by atoms with Crippen LogP contribution in [-0.4, -0.2) is 21.8 Å². The van der Waals surface area contributed by atoms with E-state index in [2.05, 4.69) is 20.6 Å². The standard InChI is InChI=1S/C5H5FN2OS.C5H6N2OS/c1-3(9)8-5-7-2-4(6)10-5;1-4(8)7-5-6-2-3-9-5/h2H,1H3,(H,7,8,9);2-3H,1H3,(H,6,7,8). The SMILES string of the molecule is CC(=O)Nc1ncc(F)s1.CC(=O)Nc1nccs1. The van der Waals surface area contributed by atoms with Crippen LogP contribution in [0.4, 0.5) is 14.7 Å². The molecule has 2 rings (SSSR count). The number of amides is 2. The molecule has 0 aliphatic carbocycles. The average molecular weight is 302 g/mol. The summed E-state index contributed by atoms with van der Waals surface area (Å²) < 4.78 is 12.2. The summed E-state index contributed by atoms with van der Waals surface area (Å²) in [6.45, 7) is 2.81. The molecular weight excluding hydrogens is 291 g/mol. The predicted molar refractivity (Wildman–Crippen MR) is 72.8 cm³/mol. The summed E-state index contributed by atoms with van der Waals surface area (Å²) in [5.74, 6) is -0.320. The zero-order chi connectivity index (χ0) is 14.3. The second-order valence-electron chi connectivity index (χ2n) is 3.17. The summed E-state index contributed by atoms with van der Waals surface area (Å²) in [4.78, 5) is 28.1. The van der Waals surface area contributed by atoms with Crippen LogP contribution in [0.3, 0.4) is 0 Å². The van der Waals surface area contributed by atoms with Crippen LogP contribution in [0.1, 0.15) is 13.8 Å². The minimum atomic E-state index is -0.399. The van der Waals surface area contributed by atoms with Crippen molar-refractivity contribution in [3.8, 4) is 0 Å². The van der Waals surface area contributed by atoms with Crippen LogP contribution in [0.2, 0.25) is 0 Å². The number of hydrogen-bond donors (Lipinski definition) is 2. The Balaban J connectivity index is 0.000000191. The lowest BCUT2D eigenvalue weighted by Gasteiger charge is -1.90. The molecule has 102 valence electrons. The molecule has 19 heavy (non-hydrogen) atoms. The van der Waals surface area contributed by atoms with E-state index in [9.17, 15) is 14.0 Å². The van der Waals surface area contributed by atoms with Gasteiger partial charge in [0.1, 0.15) is 0 Å². The number of halogens is 1. The highest BCUT2D eigenvalue weighted by Gasteiger charge is 2.00. The van der Waals surface area contributed by atoms with Gasteiger partial charge in [-0.1, -0.05) is 11.3 Å². The Morgan fingerprint density at radius 2 is 1.79 bits per heavy atom. The Morgan fingerprint density at radius 3 is 2.21 bits per heavy atom. The van der Waals surface area contributed by atoms with Crippen molar-refractivity contribution in [2.24, 2.45) is 0 Å². The normalized spacial score (nSPS) is 9.21. The van der Waals surface area contributed by atoms with Crippen LogP contribution >= 0.6 is 22.7 Å². The molecule has 0 fully saturated rings. The maximum Gasteiger partial charge on any atom is 0.223 e. The van der Waals surface area contributed by atoms with Gasteiger partial charge in [-0.15, -0.1) is 11.3 Å². The highest BCUT2D eigenvalue weighted by Crippen LogP contribution is 2.15. The van der Waals surface area contributed by atoms with Gasteiger partial charge in [0.25, 0.3) is 0 Å². The van der Waals surface area contributed by atoms with Crippen molar-refractivity contribution in [2.75, 3.05) is 10.6 Å². The molecule has 6 nitrogen and oxygen atoms in total. The van der Waals surface area contributed by atoms with E-state index in [1.807, 2.05) is 5.38 Å². The van der Waals surface area contributed by atoms with Crippen LogP contribution in [-0.2, 0) is 9.59 Å². The first-order chi connectivity index (χ1) is 8.97. The van der Waals surface area contributed by atoms with Gasteiger partial charge in [-0.05, 0) is 0 Å². The summed E-state index contributed by atoms with van der Waals surface area (Å²) in [5, 5.41) is 7.27. The van der Waals surface area contributed by atoms with Gasteiger partial charge < -0.3 is 10.6 Å². The van der Waals surface area contributed by atoms with Crippen LogP contribution in [0.25, 0.3) is 0 Å². The second kappa shape index (κ2) is 7.54. The third-order valence-electron chi connectivity index (χ3n) is 1.48. The number of nitrogens with one attached hydrogen (secondary N) is 2. The number of aromatic nitrogens is 2. The molecule has 0 atom stereocenters. The van der Waals surface area contributed by atoms with Gasteiger partial charge in [-0.2, -0.15) is 4.39 Å². The monoisotopic (exact) mass is 302 g/mol. The molecule has 0 aliphatic rings. The highest BCUT2D eigenvalue weighted by molar-refractivity contribution is 7.14. The van der Waals surface area contributed by atoms with Crippen LogP contribution in [0.5, 0.6) is 0 Å². The molecule has 0 aromatic carbocycles. The quantitative estimate of drug-likeness (QED) is 0.892. The number of carbonyl (C=O) groups excluding carboxylic acids is 2. The third kappa shape index (κ3) is 6.58. The van der Waals surface area contributed by atoms with E-state index in [1.165, 1.54) is 25.2 Å². The van der Waals surface area contributed by atoms with Crippen LogP contribution in [0, 0.1) is 5.13 Å². The fourth-order valence-electron chi connectivity index (χ4n) is 0.899. The number of thiazole rings is 2. The second-order valence-corrected chi connectivity index (χ2v) is 5.04. The third-order valence-corrected chi connectivity index (χ3v) is 2.87. The first-order valence-electron chi connectivity index (χ1n) is 5.03. The van der Waals surface area contributed by atoms with Gasteiger partial charge in [0.05, 0.1) is 6.20 Å². The lowest BCUT2D eigenvalue weighted by molar-refractivity contribution is -0.115. The molecule has 0 spiro atoms. The Labute approximate surface area is 116 Å². The van der Waals surface area contributed by atoms with E-state index in [0.717, 1.165) is 17.5 Å². The van der Waals surface area contributed by atoms with E-state index in [4.69, 9.17) is 0 Å². The predicted octanol–water partition coefficient (Wildman–Crippen LogP) is 2.34. The van der Waals surface area contributed by atoms with Crippen LogP contribution in [0.15, 0.2) is 17.8 Å². The van der Waals surface area contributed by atoms with Crippen molar-refractivity contribution in [3.05, 3.63) is 22.9 Å². The lowest BCUT2D eigenvalue weighted by Crippen LogP contribution is -2.04. The minimum Gasteiger partial charge on any atom is -0.302 e. The fourth-order valence-corrected chi connectivity index (χ4v) is 2.06. The van der Waals surface area contributed by atoms with Gasteiger partial charge in [-0.3, -0.25) is 9.59 Å². The number of hydrogen-bond acceptors (Lipinski definition) is 6. The van der Waals surface area contributed by atoms with E-state index in [1.54, 1.807) is 6.20 Å². The fraction of sp³-hybridized carbons (Fsp3) is 0.200. The van der Waals surface area contributed by atoms with Gasteiger partial charge in [0.15, 0.2) is 15.4 Å². The summed E-state index contributed by atoms with van der Waals surface area (Å²) in [7, 11) is 0.